The Morgan fingerprint density at radius 3 is 2.57 bits per heavy atom. The summed E-state index contributed by atoms with van der Waals surface area (Å²) in [6.45, 7) is 1.92. The first kappa shape index (κ1) is 16.0. The van der Waals surface area contributed by atoms with Crippen molar-refractivity contribution in [3.05, 3.63) is 62.3 Å². The van der Waals surface area contributed by atoms with E-state index in [2.05, 4.69) is 37.2 Å². The molecule has 1 unspecified atom stereocenters. The van der Waals surface area contributed by atoms with Gasteiger partial charge < -0.3 is 11.1 Å². The van der Waals surface area contributed by atoms with Crippen LogP contribution in [0, 0.1) is 5.82 Å². The van der Waals surface area contributed by atoms with Crippen LogP contribution in [-0.2, 0) is 0 Å². The van der Waals surface area contributed by atoms with Gasteiger partial charge in [0.2, 0.25) is 0 Å². The monoisotopic (exact) mass is 414 g/mol. The molecule has 2 aromatic carbocycles. The topological polar surface area (TPSA) is 55.1 Å². The number of halogens is 3. The van der Waals surface area contributed by atoms with Gasteiger partial charge in [0.25, 0.3) is 5.91 Å². The van der Waals surface area contributed by atoms with Crippen molar-refractivity contribution in [2.24, 2.45) is 5.73 Å². The number of carbonyl (C=O) groups is 1. The van der Waals surface area contributed by atoms with E-state index in [1.165, 1.54) is 6.07 Å². The van der Waals surface area contributed by atoms with Crippen molar-refractivity contribution < 1.29 is 9.18 Å². The van der Waals surface area contributed by atoms with Crippen molar-refractivity contribution >= 4 is 43.5 Å². The molecule has 0 saturated heterocycles. The molecule has 0 radical (unpaired) electrons. The number of nitrogens with one attached hydrogen (secondary N) is 1. The number of hydrogen-bond acceptors (Lipinski definition) is 2. The van der Waals surface area contributed by atoms with Crippen LogP contribution in [0.5, 0.6) is 0 Å². The minimum absolute atomic E-state index is 0.132. The predicted octanol–water partition coefficient (Wildman–Crippen LogP) is 4.62. The molecule has 0 aliphatic rings. The summed E-state index contributed by atoms with van der Waals surface area (Å²) in [7, 11) is 0. The molecule has 110 valence electrons. The van der Waals surface area contributed by atoms with Crippen molar-refractivity contribution in [3.63, 3.8) is 0 Å². The maximum atomic E-state index is 13.9. The Bertz CT molecular complexity index is 691. The van der Waals surface area contributed by atoms with Gasteiger partial charge in [-0.25, -0.2) is 4.39 Å². The standard InChI is InChI=1S/C15H13Br2FN2O/c1-8(10-4-2-3-5-11(10)17)20-13-7-9(16)6-12(18)14(13)15(19)21/h2-8,20H,1H3,(H2,19,21). The Labute approximate surface area is 139 Å². The van der Waals surface area contributed by atoms with Gasteiger partial charge in [0.05, 0.1) is 11.3 Å². The first-order valence-corrected chi connectivity index (χ1v) is 7.78. The number of hydrogen-bond donors (Lipinski definition) is 2. The third-order valence-corrected chi connectivity index (χ3v) is 4.23. The number of amides is 1. The third-order valence-electron chi connectivity index (χ3n) is 3.05. The fourth-order valence-electron chi connectivity index (χ4n) is 2.08. The lowest BCUT2D eigenvalue weighted by molar-refractivity contribution is 0.0997. The van der Waals surface area contributed by atoms with E-state index in [0.29, 0.717) is 10.2 Å². The van der Waals surface area contributed by atoms with E-state index in [1.54, 1.807) is 6.07 Å². The summed E-state index contributed by atoms with van der Waals surface area (Å²) in [5, 5.41) is 3.13. The van der Waals surface area contributed by atoms with Crippen LogP contribution in [0.4, 0.5) is 10.1 Å². The lowest BCUT2D eigenvalue weighted by Crippen LogP contribution is -2.18. The maximum Gasteiger partial charge on any atom is 0.253 e. The molecule has 6 heteroatoms. The molecule has 2 rings (SSSR count). The van der Waals surface area contributed by atoms with Crippen molar-refractivity contribution in [1.82, 2.24) is 0 Å². The lowest BCUT2D eigenvalue weighted by Gasteiger charge is -2.19. The minimum atomic E-state index is -0.804. The average Bonchev–Trinajstić information content (AvgIpc) is 2.37. The van der Waals surface area contributed by atoms with Crippen LogP contribution in [0.25, 0.3) is 0 Å². The Kier molecular flexibility index (Phi) is 5.00. The number of benzene rings is 2. The second kappa shape index (κ2) is 6.58. The summed E-state index contributed by atoms with van der Waals surface area (Å²) >= 11 is 6.69. The molecule has 0 aliphatic heterocycles. The molecular formula is C15H13Br2FN2O. The minimum Gasteiger partial charge on any atom is -0.378 e. The second-order valence-corrected chi connectivity index (χ2v) is 6.33. The van der Waals surface area contributed by atoms with Crippen molar-refractivity contribution in [3.8, 4) is 0 Å². The number of nitrogens with two attached hydrogens (primary N) is 1. The van der Waals surface area contributed by atoms with E-state index in [1.807, 2.05) is 31.2 Å². The van der Waals surface area contributed by atoms with Gasteiger partial charge in [-0.15, -0.1) is 0 Å². The Balaban J connectivity index is 2.40. The Morgan fingerprint density at radius 1 is 1.29 bits per heavy atom. The van der Waals surface area contributed by atoms with Gasteiger partial charge in [0, 0.05) is 15.0 Å². The molecule has 0 saturated carbocycles. The summed E-state index contributed by atoms with van der Waals surface area (Å²) in [6, 6.07) is 10.4. The molecule has 21 heavy (non-hydrogen) atoms. The molecule has 0 aromatic heterocycles. The van der Waals surface area contributed by atoms with Gasteiger partial charge in [0.1, 0.15) is 5.82 Å². The molecule has 0 aliphatic carbocycles. The quantitative estimate of drug-likeness (QED) is 0.765. The summed E-state index contributed by atoms with van der Waals surface area (Å²) in [6.07, 6.45) is 0. The number of rotatable bonds is 4. The number of carbonyl (C=O) groups excluding carboxylic acids is 1. The van der Waals surface area contributed by atoms with E-state index in [9.17, 15) is 9.18 Å². The van der Waals surface area contributed by atoms with Gasteiger partial charge in [0.15, 0.2) is 0 Å². The predicted molar refractivity (Wildman–Crippen MR) is 88.8 cm³/mol. The average molecular weight is 416 g/mol. The highest BCUT2D eigenvalue weighted by Crippen LogP contribution is 2.30. The van der Waals surface area contributed by atoms with Crippen LogP contribution < -0.4 is 11.1 Å². The summed E-state index contributed by atoms with van der Waals surface area (Å²) in [5.41, 5.74) is 6.48. The Morgan fingerprint density at radius 2 is 1.95 bits per heavy atom. The molecule has 1 atom stereocenters. The number of anilines is 1. The molecule has 0 bridgehead atoms. The van der Waals surface area contributed by atoms with E-state index in [0.717, 1.165) is 10.0 Å². The smallest absolute Gasteiger partial charge is 0.253 e. The fraction of sp³-hybridized carbons (Fsp3) is 0.133. The number of primary amides is 1. The van der Waals surface area contributed by atoms with Crippen molar-refractivity contribution in [2.75, 3.05) is 5.32 Å². The van der Waals surface area contributed by atoms with Gasteiger partial charge >= 0.3 is 0 Å². The first-order valence-electron chi connectivity index (χ1n) is 6.20. The molecular weight excluding hydrogens is 403 g/mol. The molecule has 2 aromatic rings. The fourth-order valence-corrected chi connectivity index (χ4v) is 3.13. The zero-order valence-electron chi connectivity index (χ0n) is 11.2. The first-order chi connectivity index (χ1) is 9.90. The summed E-state index contributed by atoms with van der Waals surface area (Å²) in [5.74, 6) is -1.46. The zero-order valence-corrected chi connectivity index (χ0v) is 14.3. The zero-order chi connectivity index (χ0) is 15.6. The highest BCUT2D eigenvalue weighted by molar-refractivity contribution is 9.10. The maximum absolute atomic E-state index is 13.9. The van der Waals surface area contributed by atoms with Crippen molar-refractivity contribution in [1.29, 1.82) is 0 Å². The van der Waals surface area contributed by atoms with E-state index in [-0.39, 0.29) is 11.6 Å². The van der Waals surface area contributed by atoms with Gasteiger partial charge in [-0.05, 0) is 30.7 Å². The summed E-state index contributed by atoms with van der Waals surface area (Å²) in [4.78, 5) is 11.5. The van der Waals surface area contributed by atoms with Crippen LogP contribution in [0.15, 0.2) is 45.3 Å². The van der Waals surface area contributed by atoms with Crippen LogP contribution in [0.3, 0.4) is 0 Å². The molecule has 3 nitrogen and oxygen atoms in total. The van der Waals surface area contributed by atoms with Gasteiger partial charge in [-0.3, -0.25) is 4.79 Å². The molecule has 3 N–H and O–H groups in total. The molecule has 0 fully saturated rings. The highest BCUT2D eigenvalue weighted by atomic mass is 79.9. The lowest BCUT2D eigenvalue weighted by atomic mass is 10.1. The van der Waals surface area contributed by atoms with Gasteiger partial charge in [-0.2, -0.15) is 0 Å². The van der Waals surface area contributed by atoms with E-state index in [4.69, 9.17) is 5.73 Å². The SMILES string of the molecule is CC(Nc1cc(Br)cc(F)c1C(N)=O)c1ccccc1Br. The van der Waals surface area contributed by atoms with E-state index < -0.39 is 11.7 Å². The largest absolute Gasteiger partial charge is 0.378 e. The molecule has 0 heterocycles. The van der Waals surface area contributed by atoms with E-state index >= 15 is 0 Å². The van der Waals surface area contributed by atoms with Crippen LogP contribution in [0.2, 0.25) is 0 Å². The normalized spacial score (nSPS) is 12.0. The molecule has 1 amide bonds. The highest BCUT2D eigenvalue weighted by Gasteiger charge is 2.18. The summed E-state index contributed by atoms with van der Waals surface area (Å²) < 4.78 is 15.4. The van der Waals surface area contributed by atoms with Crippen LogP contribution in [-0.4, -0.2) is 5.91 Å². The van der Waals surface area contributed by atoms with Crippen LogP contribution >= 0.6 is 31.9 Å². The van der Waals surface area contributed by atoms with Crippen LogP contribution in [0.1, 0.15) is 28.9 Å². The van der Waals surface area contributed by atoms with Crippen molar-refractivity contribution in [2.45, 2.75) is 13.0 Å². The van der Waals surface area contributed by atoms with Gasteiger partial charge in [-0.1, -0.05) is 50.1 Å². The Hall–Kier alpha value is -1.40. The second-order valence-electron chi connectivity index (χ2n) is 4.56. The third kappa shape index (κ3) is 3.63. The molecule has 0 spiro atoms.